The molecule has 1 aromatic carbocycles. The van der Waals surface area contributed by atoms with E-state index in [0.717, 1.165) is 12.3 Å². The first-order valence-electron chi connectivity index (χ1n) is 3.82. The Morgan fingerprint density at radius 1 is 1.29 bits per heavy atom. The van der Waals surface area contributed by atoms with E-state index < -0.39 is 5.82 Å². The molecule has 0 saturated carbocycles. The molecule has 14 heavy (non-hydrogen) atoms. The lowest BCUT2D eigenvalue weighted by Gasteiger charge is -2.08. The zero-order chi connectivity index (χ0) is 10.6. The molecule has 0 aliphatic rings. The number of oxime groups is 1. The van der Waals surface area contributed by atoms with Crippen LogP contribution >= 0.6 is 0 Å². The van der Waals surface area contributed by atoms with Crippen LogP contribution in [0.4, 0.5) is 4.39 Å². The number of rotatable bonds is 3. The summed E-state index contributed by atoms with van der Waals surface area (Å²) in [5.41, 5.74) is 0.130. The van der Waals surface area contributed by atoms with Crippen LogP contribution in [0, 0.1) is 5.82 Å². The van der Waals surface area contributed by atoms with E-state index in [9.17, 15) is 4.39 Å². The minimum atomic E-state index is -0.541. The highest BCUT2D eigenvalue weighted by atomic mass is 19.1. The van der Waals surface area contributed by atoms with Crippen LogP contribution in [0.1, 0.15) is 5.56 Å². The molecule has 4 nitrogen and oxygen atoms in total. The molecule has 0 heterocycles. The highest BCUT2D eigenvalue weighted by Gasteiger charge is 2.09. The van der Waals surface area contributed by atoms with E-state index in [2.05, 4.69) is 5.16 Å². The molecule has 0 fully saturated rings. The lowest BCUT2D eigenvalue weighted by Crippen LogP contribution is -1.95. The fourth-order valence-electron chi connectivity index (χ4n) is 1.03. The van der Waals surface area contributed by atoms with Gasteiger partial charge in [-0.3, -0.25) is 0 Å². The van der Waals surface area contributed by atoms with Crippen LogP contribution in [0.15, 0.2) is 17.3 Å². The van der Waals surface area contributed by atoms with Gasteiger partial charge in [0.15, 0.2) is 11.5 Å². The lowest BCUT2D eigenvalue weighted by atomic mass is 10.2. The van der Waals surface area contributed by atoms with Gasteiger partial charge in [0.2, 0.25) is 0 Å². The molecule has 1 aromatic rings. The van der Waals surface area contributed by atoms with Crippen molar-refractivity contribution in [2.24, 2.45) is 5.16 Å². The van der Waals surface area contributed by atoms with Gasteiger partial charge in [0.25, 0.3) is 0 Å². The second kappa shape index (κ2) is 4.45. The van der Waals surface area contributed by atoms with Crippen LogP contribution in [0.25, 0.3) is 0 Å². The zero-order valence-corrected chi connectivity index (χ0v) is 7.82. The van der Waals surface area contributed by atoms with Gasteiger partial charge in [0.1, 0.15) is 5.82 Å². The van der Waals surface area contributed by atoms with Crippen molar-refractivity contribution in [3.63, 3.8) is 0 Å². The van der Waals surface area contributed by atoms with Crippen LogP contribution in [-0.2, 0) is 0 Å². The van der Waals surface area contributed by atoms with Crippen LogP contribution in [0.3, 0.4) is 0 Å². The summed E-state index contributed by atoms with van der Waals surface area (Å²) in [6, 6.07) is 2.55. The Labute approximate surface area is 80.6 Å². The van der Waals surface area contributed by atoms with Gasteiger partial charge in [-0.05, 0) is 6.07 Å². The number of hydrogen-bond acceptors (Lipinski definition) is 4. The van der Waals surface area contributed by atoms with E-state index in [-0.39, 0.29) is 5.56 Å². The number of hydrogen-bond donors (Lipinski definition) is 1. The average molecular weight is 199 g/mol. The fourth-order valence-corrected chi connectivity index (χ4v) is 1.03. The maximum atomic E-state index is 13.2. The van der Waals surface area contributed by atoms with Gasteiger partial charge in [-0.2, -0.15) is 0 Å². The Kier molecular flexibility index (Phi) is 3.28. The molecule has 5 heteroatoms. The Morgan fingerprint density at radius 3 is 2.36 bits per heavy atom. The van der Waals surface area contributed by atoms with E-state index in [1.807, 2.05) is 0 Å². The first-order chi connectivity index (χ1) is 6.72. The molecule has 0 aliphatic carbocycles. The molecule has 0 spiro atoms. The van der Waals surface area contributed by atoms with Gasteiger partial charge in [-0.1, -0.05) is 5.16 Å². The van der Waals surface area contributed by atoms with E-state index >= 15 is 0 Å². The summed E-state index contributed by atoms with van der Waals surface area (Å²) in [6.45, 7) is 0. The van der Waals surface area contributed by atoms with Crippen molar-refractivity contribution in [2.45, 2.75) is 0 Å². The third-order valence-electron chi connectivity index (χ3n) is 1.70. The quantitative estimate of drug-likeness (QED) is 0.457. The number of ether oxygens (including phenoxy) is 2. The molecular formula is C9H10FNO3. The highest BCUT2D eigenvalue weighted by Crippen LogP contribution is 2.28. The Bertz CT molecular complexity index is 352. The van der Waals surface area contributed by atoms with Gasteiger partial charge in [0, 0.05) is 11.6 Å². The van der Waals surface area contributed by atoms with Crippen LogP contribution in [0.2, 0.25) is 0 Å². The van der Waals surface area contributed by atoms with Gasteiger partial charge in [0.05, 0.1) is 20.4 Å². The van der Waals surface area contributed by atoms with Crippen LogP contribution in [0.5, 0.6) is 11.5 Å². The smallest absolute Gasteiger partial charge is 0.163 e. The second-order valence-electron chi connectivity index (χ2n) is 2.47. The van der Waals surface area contributed by atoms with E-state index in [1.54, 1.807) is 0 Å². The summed E-state index contributed by atoms with van der Waals surface area (Å²) in [6.07, 6.45) is 0.983. The molecule has 1 rings (SSSR count). The minimum Gasteiger partial charge on any atom is -0.493 e. The average Bonchev–Trinajstić information content (AvgIpc) is 2.20. The van der Waals surface area contributed by atoms with Crippen molar-refractivity contribution in [1.82, 2.24) is 0 Å². The zero-order valence-electron chi connectivity index (χ0n) is 7.82. The van der Waals surface area contributed by atoms with Gasteiger partial charge in [-0.25, -0.2) is 4.39 Å². The molecule has 0 unspecified atom stereocenters. The van der Waals surface area contributed by atoms with E-state index in [4.69, 9.17) is 14.7 Å². The van der Waals surface area contributed by atoms with Crippen molar-refractivity contribution in [2.75, 3.05) is 14.2 Å². The number of benzene rings is 1. The predicted molar refractivity (Wildman–Crippen MR) is 48.9 cm³/mol. The summed E-state index contributed by atoms with van der Waals surface area (Å²) in [7, 11) is 2.85. The van der Waals surface area contributed by atoms with Crippen molar-refractivity contribution >= 4 is 6.21 Å². The molecular weight excluding hydrogens is 189 g/mol. The van der Waals surface area contributed by atoms with Gasteiger partial charge >= 0.3 is 0 Å². The van der Waals surface area contributed by atoms with Crippen molar-refractivity contribution < 1.29 is 19.1 Å². The largest absolute Gasteiger partial charge is 0.493 e. The van der Waals surface area contributed by atoms with Gasteiger partial charge in [-0.15, -0.1) is 0 Å². The standard InChI is InChI=1S/C9H10FNO3/c1-13-8-3-6(5-11-12)7(10)4-9(8)14-2/h3-5,12H,1-2H3/b11-5+. The number of halogens is 1. The number of nitrogens with zero attached hydrogens (tertiary/aromatic N) is 1. The summed E-state index contributed by atoms with van der Waals surface area (Å²) < 4.78 is 23.0. The van der Waals surface area contributed by atoms with E-state index in [0.29, 0.717) is 11.5 Å². The molecule has 0 saturated heterocycles. The molecule has 0 aromatic heterocycles. The predicted octanol–water partition coefficient (Wildman–Crippen LogP) is 1.65. The number of methoxy groups -OCH3 is 2. The van der Waals surface area contributed by atoms with Crippen LogP contribution < -0.4 is 9.47 Å². The summed E-state index contributed by atoms with van der Waals surface area (Å²) in [5, 5.41) is 11.0. The fraction of sp³-hybridized carbons (Fsp3) is 0.222. The molecule has 76 valence electrons. The molecule has 1 N–H and O–H groups in total. The van der Waals surface area contributed by atoms with E-state index in [1.165, 1.54) is 20.3 Å². The molecule has 0 atom stereocenters. The van der Waals surface area contributed by atoms with Crippen LogP contribution in [-0.4, -0.2) is 25.6 Å². The summed E-state index contributed by atoms with van der Waals surface area (Å²) in [4.78, 5) is 0. The first-order valence-corrected chi connectivity index (χ1v) is 3.82. The molecule has 0 radical (unpaired) electrons. The van der Waals surface area contributed by atoms with Crippen molar-refractivity contribution in [3.8, 4) is 11.5 Å². The SMILES string of the molecule is COc1cc(F)c(/C=N/O)cc1OC. The maximum absolute atomic E-state index is 13.2. The van der Waals surface area contributed by atoms with Crippen molar-refractivity contribution in [1.29, 1.82) is 0 Å². The third-order valence-corrected chi connectivity index (χ3v) is 1.70. The lowest BCUT2D eigenvalue weighted by molar-refractivity contribution is 0.321. The monoisotopic (exact) mass is 199 g/mol. The summed E-state index contributed by atoms with van der Waals surface area (Å²) >= 11 is 0. The summed E-state index contributed by atoms with van der Waals surface area (Å²) in [5.74, 6) is 0.129. The topological polar surface area (TPSA) is 51.0 Å². The minimum absolute atomic E-state index is 0.130. The normalized spacial score (nSPS) is 10.5. The Morgan fingerprint density at radius 2 is 1.86 bits per heavy atom. The molecule has 0 amide bonds. The maximum Gasteiger partial charge on any atom is 0.163 e. The second-order valence-corrected chi connectivity index (χ2v) is 2.47. The molecule has 0 bridgehead atoms. The molecule has 0 aliphatic heterocycles. The highest BCUT2D eigenvalue weighted by molar-refractivity contribution is 5.80. The third kappa shape index (κ3) is 1.93. The van der Waals surface area contributed by atoms with Gasteiger partial charge < -0.3 is 14.7 Å². The first kappa shape index (κ1) is 10.3. The Balaban J connectivity index is 3.23. The van der Waals surface area contributed by atoms with Crippen molar-refractivity contribution in [3.05, 3.63) is 23.5 Å². The Hall–Kier alpha value is -1.78.